The van der Waals surface area contributed by atoms with Crippen molar-refractivity contribution in [1.29, 1.82) is 0 Å². The lowest BCUT2D eigenvalue weighted by molar-refractivity contribution is -0.127. The van der Waals surface area contributed by atoms with Crippen molar-refractivity contribution in [3.8, 4) is 0 Å². The van der Waals surface area contributed by atoms with E-state index in [-0.39, 0.29) is 35.6 Å². The zero-order valence-corrected chi connectivity index (χ0v) is 11.8. The smallest absolute Gasteiger partial charge is 0.154 e. The third kappa shape index (κ3) is 1.49. The Labute approximate surface area is 121 Å². The molecule has 5 atom stereocenters. The number of halogens is 1. The molecule has 104 valence electrons. The maximum atomic E-state index is 12.7. The number of carbonyl (C=O) groups is 2. The molecule has 4 nitrogen and oxygen atoms in total. The minimum Gasteiger partial charge on any atom is -0.373 e. The molecule has 0 radical (unpaired) electrons. The van der Waals surface area contributed by atoms with Gasteiger partial charge in [-0.25, -0.2) is 4.98 Å². The number of carbonyl (C=O) groups excluding carboxylic acids is 2. The zero-order chi connectivity index (χ0) is 14.0. The Morgan fingerprint density at radius 3 is 2.35 bits per heavy atom. The molecule has 3 heterocycles. The minimum atomic E-state index is -0.665. The molecule has 0 spiro atoms. The molecule has 2 bridgehead atoms. The third-order valence-corrected chi connectivity index (χ3v) is 5.13. The van der Waals surface area contributed by atoms with Gasteiger partial charge in [0.1, 0.15) is 11.1 Å². The van der Waals surface area contributed by atoms with Crippen LogP contribution in [0.5, 0.6) is 0 Å². The van der Waals surface area contributed by atoms with Crippen molar-refractivity contribution in [3.05, 3.63) is 28.5 Å². The first-order valence-corrected chi connectivity index (χ1v) is 7.30. The van der Waals surface area contributed by atoms with Gasteiger partial charge in [-0.3, -0.25) is 9.59 Å². The summed E-state index contributed by atoms with van der Waals surface area (Å²) in [4.78, 5) is 29.4. The number of Topliss-reactive ketones (excluding diaryl/α,β-unsaturated/α-hetero) is 2. The average molecular weight is 292 g/mol. The lowest BCUT2D eigenvalue weighted by Crippen LogP contribution is -2.29. The summed E-state index contributed by atoms with van der Waals surface area (Å²) in [5, 5.41) is 0.382. The van der Waals surface area contributed by atoms with Crippen molar-refractivity contribution in [3.63, 3.8) is 0 Å². The van der Waals surface area contributed by atoms with Crippen molar-refractivity contribution in [2.24, 2.45) is 11.8 Å². The van der Waals surface area contributed by atoms with E-state index in [1.807, 2.05) is 6.92 Å². The molecule has 2 saturated heterocycles. The molecule has 3 fully saturated rings. The number of hydrogen-bond acceptors (Lipinski definition) is 4. The number of pyridine rings is 1. The van der Waals surface area contributed by atoms with E-state index in [9.17, 15) is 9.59 Å². The maximum absolute atomic E-state index is 12.7. The standard InChI is InChI=1S/C15H14ClNO3/c1-6-4-10(16)17-5-7(6)11-14(18)12-8-2-3-9(20-8)13(12)15(11)19/h4-5,8-9,11-13H,2-3H2,1H3/t8-,9+,11?,12-,13+. The number of ether oxygens (including phenoxy) is 1. The number of rotatable bonds is 1. The molecule has 2 aliphatic heterocycles. The van der Waals surface area contributed by atoms with Crippen LogP contribution in [0.4, 0.5) is 0 Å². The second-order valence-electron chi connectivity index (χ2n) is 5.94. The lowest BCUT2D eigenvalue weighted by atomic mass is 9.81. The summed E-state index contributed by atoms with van der Waals surface area (Å²) < 4.78 is 5.74. The summed E-state index contributed by atoms with van der Waals surface area (Å²) in [6, 6.07) is 1.71. The molecule has 1 aliphatic carbocycles. The van der Waals surface area contributed by atoms with Crippen LogP contribution in [0.2, 0.25) is 5.15 Å². The topological polar surface area (TPSA) is 56.3 Å². The van der Waals surface area contributed by atoms with Gasteiger partial charge in [0, 0.05) is 6.20 Å². The van der Waals surface area contributed by atoms with Crippen molar-refractivity contribution in [2.75, 3.05) is 0 Å². The molecule has 1 aromatic heterocycles. The van der Waals surface area contributed by atoms with Crippen LogP contribution < -0.4 is 0 Å². The fraction of sp³-hybridized carbons (Fsp3) is 0.533. The molecular formula is C15H14ClNO3. The Bertz CT molecular complexity index is 602. The third-order valence-electron chi connectivity index (χ3n) is 4.93. The van der Waals surface area contributed by atoms with E-state index in [0.29, 0.717) is 10.7 Å². The molecule has 1 saturated carbocycles. The molecule has 0 N–H and O–H groups in total. The van der Waals surface area contributed by atoms with Crippen LogP contribution in [0.3, 0.4) is 0 Å². The van der Waals surface area contributed by atoms with Crippen LogP contribution in [0.1, 0.15) is 29.9 Å². The van der Waals surface area contributed by atoms with E-state index in [0.717, 1.165) is 18.4 Å². The summed E-state index contributed by atoms with van der Waals surface area (Å²) in [7, 11) is 0. The molecule has 20 heavy (non-hydrogen) atoms. The van der Waals surface area contributed by atoms with Crippen LogP contribution in [0, 0.1) is 18.8 Å². The van der Waals surface area contributed by atoms with Gasteiger partial charge in [-0.15, -0.1) is 0 Å². The summed E-state index contributed by atoms with van der Waals surface area (Å²) in [6.07, 6.45) is 3.27. The number of nitrogens with zero attached hydrogens (tertiary/aromatic N) is 1. The van der Waals surface area contributed by atoms with Gasteiger partial charge in [-0.1, -0.05) is 11.6 Å². The number of aromatic nitrogens is 1. The van der Waals surface area contributed by atoms with Crippen LogP contribution in [-0.4, -0.2) is 28.8 Å². The Morgan fingerprint density at radius 1 is 1.20 bits per heavy atom. The highest BCUT2D eigenvalue weighted by Gasteiger charge is 2.63. The fourth-order valence-corrected chi connectivity index (χ4v) is 4.28. The number of aryl methyl sites for hydroxylation is 1. The van der Waals surface area contributed by atoms with E-state index in [4.69, 9.17) is 16.3 Å². The molecular weight excluding hydrogens is 278 g/mol. The van der Waals surface area contributed by atoms with Gasteiger partial charge in [-0.2, -0.15) is 0 Å². The van der Waals surface area contributed by atoms with E-state index in [2.05, 4.69) is 4.98 Å². The number of fused-ring (bicyclic) bond motifs is 5. The monoisotopic (exact) mass is 291 g/mol. The second kappa shape index (κ2) is 4.12. The van der Waals surface area contributed by atoms with Crippen LogP contribution in [-0.2, 0) is 14.3 Å². The highest BCUT2D eigenvalue weighted by Crippen LogP contribution is 2.52. The predicted molar refractivity (Wildman–Crippen MR) is 71.6 cm³/mol. The number of ketones is 2. The van der Waals surface area contributed by atoms with Crippen molar-refractivity contribution in [2.45, 2.75) is 37.9 Å². The quantitative estimate of drug-likeness (QED) is 0.587. The molecule has 4 rings (SSSR count). The minimum absolute atomic E-state index is 0.0134. The fourth-order valence-electron chi connectivity index (χ4n) is 4.07. The van der Waals surface area contributed by atoms with Crippen molar-refractivity contribution >= 4 is 23.2 Å². The van der Waals surface area contributed by atoms with Crippen LogP contribution in [0.15, 0.2) is 12.3 Å². The second-order valence-corrected chi connectivity index (χ2v) is 6.33. The Morgan fingerprint density at radius 2 is 1.80 bits per heavy atom. The summed E-state index contributed by atoms with van der Waals surface area (Å²) in [5.41, 5.74) is 1.56. The SMILES string of the molecule is Cc1cc(Cl)ncc1C1C(=O)[C@@H]2[C@H](C1=O)[C@H]1CC[C@@H]2O1. The molecule has 1 unspecified atom stereocenters. The van der Waals surface area contributed by atoms with Crippen molar-refractivity contribution < 1.29 is 14.3 Å². The van der Waals surface area contributed by atoms with Gasteiger partial charge in [0.05, 0.1) is 24.0 Å². The average Bonchev–Trinajstić information content (AvgIpc) is 3.06. The molecule has 0 aromatic carbocycles. The summed E-state index contributed by atoms with van der Waals surface area (Å²) in [6.45, 7) is 1.86. The Balaban J connectivity index is 1.77. The van der Waals surface area contributed by atoms with Crippen molar-refractivity contribution in [1.82, 2.24) is 4.98 Å². The highest BCUT2D eigenvalue weighted by molar-refractivity contribution is 6.29. The van der Waals surface area contributed by atoms with Gasteiger partial charge in [0.15, 0.2) is 11.6 Å². The highest BCUT2D eigenvalue weighted by atomic mass is 35.5. The predicted octanol–water partition coefficient (Wildman–Crippen LogP) is 2.07. The molecule has 0 amide bonds. The summed E-state index contributed by atoms with van der Waals surface area (Å²) >= 11 is 5.85. The largest absolute Gasteiger partial charge is 0.373 e. The lowest BCUT2D eigenvalue weighted by Gasteiger charge is -2.16. The molecule has 3 aliphatic rings. The Kier molecular flexibility index (Phi) is 2.57. The Hall–Kier alpha value is -1.26. The molecule has 1 aromatic rings. The summed E-state index contributed by atoms with van der Waals surface area (Å²) in [5.74, 6) is -1.11. The number of hydrogen-bond donors (Lipinski definition) is 0. The first-order valence-electron chi connectivity index (χ1n) is 6.93. The van der Waals surface area contributed by atoms with E-state index in [1.165, 1.54) is 0 Å². The van der Waals surface area contributed by atoms with E-state index < -0.39 is 5.92 Å². The van der Waals surface area contributed by atoms with Gasteiger partial charge >= 0.3 is 0 Å². The van der Waals surface area contributed by atoms with Gasteiger partial charge in [0.25, 0.3) is 0 Å². The van der Waals surface area contributed by atoms with Crippen LogP contribution >= 0.6 is 11.6 Å². The first kappa shape index (κ1) is 12.5. The zero-order valence-electron chi connectivity index (χ0n) is 11.0. The first-order chi connectivity index (χ1) is 9.58. The van der Waals surface area contributed by atoms with Crippen LogP contribution in [0.25, 0.3) is 0 Å². The van der Waals surface area contributed by atoms with Gasteiger partial charge < -0.3 is 4.74 Å². The van der Waals surface area contributed by atoms with Gasteiger partial charge in [-0.05, 0) is 37.0 Å². The normalized spacial score (nSPS) is 38.6. The van der Waals surface area contributed by atoms with E-state index in [1.54, 1.807) is 12.3 Å². The molecule has 5 heteroatoms. The van der Waals surface area contributed by atoms with Gasteiger partial charge in [0.2, 0.25) is 0 Å². The van der Waals surface area contributed by atoms with E-state index >= 15 is 0 Å². The maximum Gasteiger partial charge on any atom is 0.154 e.